The summed E-state index contributed by atoms with van der Waals surface area (Å²) in [7, 11) is 1.66. The molecule has 128 valence electrons. The Labute approximate surface area is 145 Å². The van der Waals surface area contributed by atoms with Crippen molar-refractivity contribution in [3.05, 3.63) is 35.3 Å². The maximum absolute atomic E-state index is 12.1. The molecule has 2 N–H and O–H groups in total. The van der Waals surface area contributed by atoms with Gasteiger partial charge in [-0.3, -0.25) is 10.2 Å². The Morgan fingerprint density at radius 1 is 1.42 bits per heavy atom. The van der Waals surface area contributed by atoms with Crippen LogP contribution in [0.4, 0.5) is 9.93 Å². The molecule has 0 bridgehead atoms. The van der Waals surface area contributed by atoms with E-state index in [2.05, 4.69) is 31.8 Å². The van der Waals surface area contributed by atoms with E-state index in [0.29, 0.717) is 11.7 Å². The number of anilines is 1. The zero-order valence-corrected chi connectivity index (χ0v) is 14.4. The Morgan fingerprint density at radius 2 is 2.25 bits per heavy atom. The van der Waals surface area contributed by atoms with Crippen molar-refractivity contribution in [3.63, 3.8) is 0 Å². The zero-order valence-electron chi connectivity index (χ0n) is 13.6. The molecule has 0 unspecified atom stereocenters. The maximum atomic E-state index is 12.1. The molecule has 0 radical (unpaired) electrons. The summed E-state index contributed by atoms with van der Waals surface area (Å²) in [4.78, 5) is 14.5. The predicted molar refractivity (Wildman–Crippen MR) is 93.5 cm³/mol. The van der Waals surface area contributed by atoms with Gasteiger partial charge in [0.05, 0.1) is 13.2 Å². The number of hydrogen-bond donors (Lipinski definition) is 2. The number of nitrogens with one attached hydrogen (secondary N) is 2. The zero-order chi connectivity index (χ0) is 16.8. The van der Waals surface area contributed by atoms with Crippen LogP contribution in [-0.2, 0) is 0 Å². The van der Waals surface area contributed by atoms with Crippen LogP contribution in [-0.4, -0.2) is 47.9 Å². The number of nitrogens with zero attached hydrogens (tertiary/aromatic N) is 3. The number of carbonyl (C=O) groups excluding carboxylic acids is 1. The van der Waals surface area contributed by atoms with E-state index < -0.39 is 0 Å². The van der Waals surface area contributed by atoms with Crippen LogP contribution in [0.25, 0.3) is 0 Å². The first-order valence-electron chi connectivity index (χ1n) is 7.95. The molecule has 7 nitrogen and oxygen atoms in total. The predicted octanol–water partition coefficient (Wildman–Crippen LogP) is 2.51. The number of benzene rings is 1. The average molecular weight is 347 g/mol. The number of aromatic nitrogens is 2. The first kappa shape index (κ1) is 16.7. The largest absolute Gasteiger partial charge is 0.497 e. The third-order valence-electron chi connectivity index (χ3n) is 4.10. The highest BCUT2D eigenvalue weighted by Gasteiger charge is 2.24. The highest BCUT2D eigenvalue weighted by Crippen LogP contribution is 2.27. The second-order valence-corrected chi connectivity index (χ2v) is 6.45. The Kier molecular flexibility index (Phi) is 5.60. The van der Waals surface area contributed by atoms with Gasteiger partial charge >= 0.3 is 6.03 Å². The fourth-order valence-electron chi connectivity index (χ4n) is 2.92. The minimum absolute atomic E-state index is 0.128. The first-order valence-corrected chi connectivity index (χ1v) is 8.83. The maximum Gasteiger partial charge on any atom is 0.321 e. The van der Waals surface area contributed by atoms with E-state index >= 15 is 0 Å². The molecule has 0 aliphatic carbocycles. The number of methoxy groups -OCH3 is 1. The summed E-state index contributed by atoms with van der Waals surface area (Å²) in [6.45, 7) is 2.61. The quantitative estimate of drug-likeness (QED) is 0.839. The Hall–Kier alpha value is -2.19. The fraction of sp³-hybridized carbons (Fsp3) is 0.438. The van der Waals surface area contributed by atoms with E-state index in [0.717, 1.165) is 24.4 Å². The topological polar surface area (TPSA) is 79.4 Å². The van der Waals surface area contributed by atoms with E-state index in [1.54, 1.807) is 12.6 Å². The lowest BCUT2D eigenvalue weighted by Gasteiger charge is -2.28. The van der Waals surface area contributed by atoms with E-state index in [-0.39, 0.29) is 12.1 Å². The van der Waals surface area contributed by atoms with Gasteiger partial charge in [-0.1, -0.05) is 23.5 Å². The number of amides is 2. The molecule has 0 spiro atoms. The van der Waals surface area contributed by atoms with Crippen LogP contribution in [0, 0.1) is 0 Å². The molecule has 1 aromatic heterocycles. The average Bonchev–Trinajstić information content (AvgIpc) is 3.29. The molecule has 8 heteroatoms. The lowest BCUT2D eigenvalue weighted by molar-refractivity contribution is 0.227. The van der Waals surface area contributed by atoms with Gasteiger partial charge in [-0.05, 0) is 43.6 Å². The van der Waals surface area contributed by atoms with Crippen molar-refractivity contribution in [2.45, 2.75) is 18.9 Å². The molecule has 0 saturated carbocycles. The molecule has 1 fully saturated rings. The van der Waals surface area contributed by atoms with Gasteiger partial charge in [0.2, 0.25) is 5.13 Å². The van der Waals surface area contributed by atoms with Crippen molar-refractivity contribution in [3.8, 4) is 5.75 Å². The monoisotopic (exact) mass is 347 g/mol. The standard InChI is InChI=1S/C16H21N5O2S/c1-23-13-6-4-5-12(9-13)14(21-7-2-3-8-21)10-17-15(22)19-16-20-18-11-24-16/h4-6,9,11,14H,2-3,7-8,10H2,1H3,(H2,17,19,20,22)/t14-/m0/s1. The van der Waals surface area contributed by atoms with Gasteiger partial charge in [-0.2, -0.15) is 0 Å². The van der Waals surface area contributed by atoms with Gasteiger partial charge < -0.3 is 10.1 Å². The lowest BCUT2D eigenvalue weighted by atomic mass is 10.1. The van der Waals surface area contributed by atoms with Crippen molar-refractivity contribution >= 4 is 22.5 Å². The highest BCUT2D eigenvalue weighted by atomic mass is 32.1. The molecule has 1 aliphatic heterocycles. The van der Waals surface area contributed by atoms with Crippen LogP contribution < -0.4 is 15.4 Å². The van der Waals surface area contributed by atoms with Crippen LogP contribution in [0.15, 0.2) is 29.8 Å². The molecule has 2 amide bonds. The minimum atomic E-state index is -0.265. The van der Waals surface area contributed by atoms with E-state index in [9.17, 15) is 4.79 Å². The van der Waals surface area contributed by atoms with Gasteiger partial charge in [0.25, 0.3) is 0 Å². The molecule has 2 heterocycles. The van der Waals surface area contributed by atoms with Gasteiger partial charge in [0.1, 0.15) is 11.3 Å². The molecule has 1 aromatic carbocycles. The number of likely N-dealkylation sites (tertiary alicyclic amines) is 1. The Morgan fingerprint density at radius 3 is 2.96 bits per heavy atom. The van der Waals surface area contributed by atoms with Crippen molar-refractivity contribution in [2.75, 3.05) is 32.1 Å². The summed E-state index contributed by atoms with van der Waals surface area (Å²) >= 11 is 1.29. The highest BCUT2D eigenvalue weighted by molar-refractivity contribution is 7.13. The second-order valence-electron chi connectivity index (χ2n) is 5.61. The smallest absolute Gasteiger partial charge is 0.321 e. The van der Waals surface area contributed by atoms with Crippen LogP contribution in [0.1, 0.15) is 24.4 Å². The van der Waals surface area contributed by atoms with Crippen molar-refractivity contribution in [1.29, 1.82) is 0 Å². The van der Waals surface area contributed by atoms with Gasteiger partial charge in [0.15, 0.2) is 0 Å². The molecule has 1 aliphatic rings. The van der Waals surface area contributed by atoms with E-state index in [1.807, 2.05) is 18.2 Å². The third-order valence-corrected chi connectivity index (χ3v) is 4.70. The minimum Gasteiger partial charge on any atom is -0.497 e. The number of ether oxygens (including phenoxy) is 1. The van der Waals surface area contributed by atoms with Crippen LogP contribution in [0.5, 0.6) is 5.75 Å². The third kappa shape index (κ3) is 4.21. The molecule has 1 saturated heterocycles. The lowest BCUT2D eigenvalue weighted by Crippen LogP contribution is -2.38. The van der Waals surface area contributed by atoms with Crippen molar-refractivity contribution < 1.29 is 9.53 Å². The number of carbonyl (C=O) groups is 1. The second kappa shape index (κ2) is 8.07. The SMILES string of the molecule is COc1cccc([C@H](CNC(=O)Nc2nncs2)N2CCCC2)c1. The molecular weight excluding hydrogens is 326 g/mol. The van der Waals surface area contributed by atoms with Crippen LogP contribution in [0.2, 0.25) is 0 Å². The summed E-state index contributed by atoms with van der Waals surface area (Å²) in [5.74, 6) is 0.829. The molecule has 1 atom stereocenters. The van der Waals surface area contributed by atoms with Crippen molar-refractivity contribution in [2.24, 2.45) is 0 Å². The van der Waals surface area contributed by atoms with Crippen LogP contribution in [0.3, 0.4) is 0 Å². The fourth-order valence-corrected chi connectivity index (χ4v) is 3.36. The number of urea groups is 1. The summed E-state index contributed by atoms with van der Waals surface area (Å²) < 4.78 is 5.33. The number of hydrogen-bond acceptors (Lipinski definition) is 6. The van der Waals surface area contributed by atoms with Gasteiger partial charge in [-0.15, -0.1) is 10.2 Å². The Balaban J connectivity index is 1.66. The molecule has 3 rings (SSSR count). The molecular formula is C16H21N5O2S. The van der Waals surface area contributed by atoms with Crippen molar-refractivity contribution in [1.82, 2.24) is 20.4 Å². The molecule has 24 heavy (non-hydrogen) atoms. The van der Waals surface area contributed by atoms with Gasteiger partial charge in [-0.25, -0.2) is 4.79 Å². The van der Waals surface area contributed by atoms with E-state index in [1.165, 1.54) is 24.2 Å². The van der Waals surface area contributed by atoms with Gasteiger partial charge in [0, 0.05) is 6.54 Å². The van der Waals surface area contributed by atoms with E-state index in [4.69, 9.17) is 4.74 Å². The summed E-state index contributed by atoms with van der Waals surface area (Å²) in [5, 5.41) is 13.6. The normalized spacial score (nSPS) is 15.9. The summed E-state index contributed by atoms with van der Waals surface area (Å²) in [6, 6.07) is 7.89. The first-order chi connectivity index (χ1) is 11.8. The van der Waals surface area contributed by atoms with Crippen LogP contribution >= 0.6 is 11.3 Å². The summed E-state index contributed by atoms with van der Waals surface area (Å²) in [6.07, 6.45) is 2.38. The number of rotatable bonds is 6. The summed E-state index contributed by atoms with van der Waals surface area (Å²) in [5.41, 5.74) is 2.73. The molecule has 2 aromatic rings. The Bertz CT molecular complexity index is 658.